The van der Waals surface area contributed by atoms with Gasteiger partial charge in [-0.1, -0.05) is 6.92 Å². The Kier molecular flexibility index (Phi) is 3.42. The zero-order chi connectivity index (χ0) is 12.3. The second-order valence-electron chi connectivity index (χ2n) is 4.38. The van der Waals surface area contributed by atoms with E-state index in [2.05, 4.69) is 15.4 Å². The van der Waals surface area contributed by atoms with E-state index in [-0.39, 0.29) is 12.0 Å². The zero-order valence-electron chi connectivity index (χ0n) is 10.2. The van der Waals surface area contributed by atoms with Crippen molar-refractivity contribution in [3.8, 4) is 0 Å². The first kappa shape index (κ1) is 12.0. The summed E-state index contributed by atoms with van der Waals surface area (Å²) in [6, 6.07) is 0.218. The Balaban J connectivity index is 2.14. The molecule has 1 N–H and O–H groups in total. The lowest BCUT2D eigenvalue weighted by molar-refractivity contribution is -0.148. The number of rotatable bonds is 4. The Morgan fingerprint density at radius 2 is 2.53 bits per heavy atom. The van der Waals surface area contributed by atoms with E-state index in [9.17, 15) is 4.79 Å². The summed E-state index contributed by atoms with van der Waals surface area (Å²) in [4.78, 5) is 15.9. The normalized spacial score (nSPS) is 28.2. The SMILES string of the molecule is CCNC1(C(=O)OC)CCC(n2cncn2)C1. The van der Waals surface area contributed by atoms with Gasteiger partial charge in [-0.25, -0.2) is 9.67 Å². The molecule has 0 aliphatic heterocycles. The van der Waals surface area contributed by atoms with Gasteiger partial charge in [0.05, 0.1) is 13.2 Å². The number of ether oxygens (including phenoxy) is 1. The van der Waals surface area contributed by atoms with Crippen molar-refractivity contribution in [1.29, 1.82) is 0 Å². The van der Waals surface area contributed by atoms with Gasteiger partial charge in [-0.3, -0.25) is 4.79 Å². The molecule has 94 valence electrons. The van der Waals surface area contributed by atoms with Crippen molar-refractivity contribution in [2.24, 2.45) is 0 Å². The summed E-state index contributed by atoms with van der Waals surface area (Å²) < 4.78 is 6.73. The zero-order valence-corrected chi connectivity index (χ0v) is 10.2. The maximum atomic E-state index is 11.9. The molecule has 1 saturated carbocycles. The van der Waals surface area contributed by atoms with Gasteiger partial charge < -0.3 is 10.1 Å². The van der Waals surface area contributed by atoms with Gasteiger partial charge in [0.25, 0.3) is 0 Å². The number of aromatic nitrogens is 3. The quantitative estimate of drug-likeness (QED) is 0.775. The molecule has 1 heterocycles. The van der Waals surface area contributed by atoms with Crippen LogP contribution in [-0.2, 0) is 9.53 Å². The first-order valence-electron chi connectivity index (χ1n) is 5.89. The molecular formula is C11H18N4O2. The van der Waals surface area contributed by atoms with Crippen LogP contribution in [0.1, 0.15) is 32.2 Å². The van der Waals surface area contributed by atoms with Crippen LogP contribution >= 0.6 is 0 Å². The minimum absolute atomic E-state index is 0.179. The number of esters is 1. The van der Waals surface area contributed by atoms with Crippen LogP contribution in [0, 0.1) is 0 Å². The summed E-state index contributed by atoms with van der Waals surface area (Å²) in [5.74, 6) is -0.179. The second-order valence-corrected chi connectivity index (χ2v) is 4.38. The minimum Gasteiger partial charge on any atom is -0.468 e. The molecule has 2 unspecified atom stereocenters. The molecule has 1 aromatic heterocycles. The van der Waals surface area contributed by atoms with Crippen molar-refractivity contribution in [1.82, 2.24) is 20.1 Å². The molecule has 2 atom stereocenters. The molecule has 0 spiro atoms. The van der Waals surface area contributed by atoms with Crippen LogP contribution in [0.5, 0.6) is 0 Å². The van der Waals surface area contributed by atoms with E-state index in [4.69, 9.17) is 4.74 Å². The molecule has 2 rings (SSSR count). The summed E-state index contributed by atoms with van der Waals surface area (Å²) in [6.45, 7) is 2.74. The molecule has 1 fully saturated rings. The van der Waals surface area contributed by atoms with Crippen molar-refractivity contribution in [2.75, 3.05) is 13.7 Å². The Morgan fingerprint density at radius 1 is 1.71 bits per heavy atom. The highest BCUT2D eigenvalue weighted by atomic mass is 16.5. The summed E-state index contributed by atoms with van der Waals surface area (Å²) >= 11 is 0. The Hall–Kier alpha value is -1.43. The van der Waals surface area contributed by atoms with Crippen LogP contribution in [0.25, 0.3) is 0 Å². The van der Waals surface area contributed by atoms with Crippen molar-refractivity contribution in [3.63, 3.8) is 0 Å². The van der Waals surface area contributed by atoms with Crippen molar-refractivity contribution >= 4 is 5.97 Å². The van der Waals surface area contributed by atoms with E-state index in [1.807, 2.05) is 11.6 Å². The number of hydrogen-bond donors (Lipinski definition) is 1. The minimum atomic E-state index is -0.555. The third kappa shape index (κ3) is 2.17. The average molecular weight is 238 g/mol. The maximum Gasteiger partial charge on any atom is 0.326 e. The van der Waals surface area contributed by atoms with E-state index in [0.29, 0.717) is 6.42 Å². The van der Waals surface area contributed by atoms with Gasteiger partial charge >= 0.3 is 5.97 Å². The number of nitrogens with one attached hydrogen (secondary N) is 1. The van der Waals surface area contributed by atoms with Gasteiger partial charge in [-0.15, -0.1) is 0 Å². The predicted molar refractivity (Wildman–Crippen MR) is 61.3 cm³/mol. The molecule has 1 aliphatic rings. The summed E-state index contributed by atoms with van der Waals surface area (Å²) in [7, 11) is 1.43. The Labute approximate surface area is 100 Å². The molecule has 0 aromatic carbocycles. The highest BCUT2D eigenvalue weighted by Gasteiger charge is 2.46. The highest BCUT2D eigenvalue weighted by Crippen LogP contribution is 2.38. The van der Waals surface area contributed by atoms with E-state index in [0.717, 1.165) is 19.4 Å². The standard InChI is InChI=1S/C11H18N4O2/c1-3-13-11(10(16)17-2)5-4-9(6-11)15-8-12-7-14-15/h7-9,13H,3-6H2,1-2H3. The lowest BCUT2D eigenvalue weighted by Crippen LogP contribution is -2.50. The summed E-state index contributed by atoms with van der Waals surface area (Å²) in [6.07, 6.45) is 5.61. The third-order valence-corrected chi connectivity index (χ3v) is 3.39. The molecule has 1 aromatic rings. The topological polar surface area (TPSA) is 69.0 Å². The van der Waals surface area contributed by atoms with Crippen LogP contribution in [0.2, 0.25) is 0 Å². The molecule has 0 amide bonds. The van der Waals surface area contributed by atoms with Gasteiger partial charge in [-0.2, -0.15) is 5.10 Å². The van der Waals surface area contributed by atoms with E-state index in [1.54, 1.807) is 6.33 Å². The van der Waals surface area contributed by atoms with Gasteiger partial charge in [0.2, 0.25) is 0 Å². The van der Waals surface area contributed by atoms with Gasteiger partial charge in [0, 0.05) is 0 Å². The largest absolute Gasteiger partial charge is 0.468 e. The molecule has 0 saturated heterocycles. The van der Waals surface area contributed by atoms with Gasteiger partial charge in [0.1, 0.15) is 18.2 Å². The number of hydrogen-bond acceptors (Lipinski definition) is 5. The van der Waals surface area contributed by atoms with Gasteiger partial charge in [0.15, 0.2) is 0 Å². The molecular weight excluding hydrogens is 220 g/mol. The molecule has 6 nitrogen and oxygen atoms in total. The van der Waals surface area contributed by atoms with Crippen LogP contribution in [0.3, 0.4) is 0 Å². The number of carbonyl (C=O) groups excluding carboxylic acids is 1. The Morgan fingerprint density at radius 3 is 3.12 bits per heavy atom. The van der Waals surface area contributed by atoms with Gasteiger partial charge in [-0.05, 0) is 25.8 Å². The van der Waals surface area contributed by atoms with Crippen LogP contribution < -0.4 is 5.32 Å². The number of carbonyl (C=O) groups is 1. The average Bonchev–Trinajstić information content (AvgIpc) is 2.97. The first-order chi connectivity index (χ1) is 8.22. The number of nitrogens with zero attached hydrogens (tertiary/aromatic N) is 3. The molecule has 17 heavy (non-hydrogen) atoms. The highest BCUT2D eigenvalue weighted by molar-refractivity contribution is 5.81. The lowest BCUT2D eigenvalue weighted by Gasteiger charge is -2.27. The first-order valence-corrected chi connectivity index (χ1v) is 5.89. The maximum absolute atomic E-state index is 11.9. The number of methoxy groups -OCH3 is 1. The summed E-state index contributed by atoms with van der Waals surface area (Å²) in [5, 5.41) is 7.40. The Bertz CT molecular complexity index is 379. The lowest BCUT2D eigenvalue weighted by atomic mass is 9.97. The molecule has 6 heteroatoms. The summed E-state index contributed by atoms with van der Waals surface area (Å²) in [5.41, 5.74) is -0.555. The van der Waals surface area contributed by atoms with Crippen LogP contribution in [-0.4, -0.2) is 39.9 Å². The monoisotopic (exact) mass is 238 g/mol. The van der Waals surface area contributed by atoms with Crippen molar-refractivity contribution in [3.05, 3.63) is 12.7 Å². The van der Waals surface area contributed by atoms with Crippen molar-refractivity contribution in [2.45, 2.75) is 37.8 Å². The third-order valence-electron chi connectivity index (χ3n) is 3.39. The fourth-order valence-electron chi connectivity index (χ4n) is 2.60. The van der Waals surface area contributed by atoms with Crippen molar-refractivity contribution < 1.29 is 9.53 Å². The number of likely N-dealkylation sites (N-methyl/N-ethyl adjacent to an activating group) is 1. The van der Waals surface area contributed by atoms with E-state index >= 15 is 0 Å². The van der Waals surface area contributed by atoms with Crippen LogP contribution in [0.4, 0.5) is 0 Å². The molecule has 0 radical (unpaired) electrons. The molecule has 0 bridgehead atoms. The smallest absolute Gasteiger partial charge is 0.326 e. The van der Waals surface area contributed by atoms with E-state index in [1.165, 1.54) is 13.4 Å². The van der Waals surface area contributed by atoms with E-state index < -0.39 is 5.54 Å². The fraction of sp³-hybridized carbons (Fsp3) is 0.727. The second kappa shape index (κ2) is 4.83. The molecule has 1 aliphatic carbocycles. The van der Waals surface area contributed by atoms with Crippen LogP contribution in [0.15, 0.2) is 12.7 Å². The predicted octanol–water partition coefficient (Wildman–Crippen LogP) is 0.524. The fourth-order valence-corrected chi connectivity index (χ4v) is 2.60.